The van der Waals surface area contributed by atoms with Crippen molar-refractivity contribution in [1.82, 2.24) is 5.32 Å². The summed E-state index contributed by atoms with van der Waals surface area (Å²) >= 11 is 0. The second kappa shape index (κ2) is 9.64. The molecular weight excluding hydrogens is 454 g/mol. The molecule has 0 aromatic rings. The Bertz CT molecular complexity index is 863. The fourth-order valence-electron chi connectivity index (χ4n) is 9.14. The lowest BCUT2D eigenvalue weighted by atomic mass is 9.43. The summed E-state index contributed by atoms with van der Waals surface area (Å²) < 4.78 is 30.5. The van der Waals surface area contributed by atoms with Crippen molar-refractivity contribution in [2.45, 2.75) is 97.2 Å². The first-order valence-corrected chi connectivity index (χ1v) is 15.0. The molecule has 0 spiro atoms. The van der Waals surface area contributed by atoms with E-state index in [1.807, 2.05) is 0 Å². The van der Waals surface area contributed by atoms with Gasteiger partial charge < -0.3 is 15.5 Å². The van der Waals surface area contributed by atoms with Crippen LogP contribution in [0, 0.1) is 46.3 Å². The molecule has 0 aliphatic heterocycles. The van der Waals surface area contributed by atoms with Gasteiger partial charge in [0.05, 0.1) is 18.0 Å². The van der Waals surface area contributed by atoms with Crippen LogP contribution in [-0.4, -0.2) is 53.6 Å². The first-order valence-electron chi connectivity index (χ1n) is 13.4. The predicted molar refractivity (Wildman–Crippen MR) is 130 cm³/mol. The number of carbonyl (C=O) groups excluding carboxylic acids is 1. The van der Waals surface area contributed by atoms with Crippen LogP contribution in [0.5, 0.6) is 0 Å². The number of nitrogens with one attached hydrogen (secondary N) is 1. The van der Waals surface area contributed by atoms with Crippen LogP contribution in [0.2, 0.25) is 0 Å². The highest BCUT2D eigenvalue weighted by atomic mass is 32.2. The maximum atomic E-state index is 12.2. The molecular formula is C26H45NO6S. The number of aliphatic hydroxyl groups excluding tert-OH is 2. The summed E-state index contributed by atoms with van der Waals surface area (Å²) in [5.41, 5.74) is 0.411. The third-order valence-electron chi connectivity index (χ3n) is 10.9. The fourth-order valence-corrected chi connectivity index (χ4v) is 9.50. The van der Waals surface area contributed by atoms with E-state index in [2.05, 4.69) is 26.1 Å². The van der Waals surface area contributed by atoms with Crippen LogP contribution in [0.25, 0.3) is 0 Å². The maximum Gasteiger partial charge on any atom is 0.266 e. The van der Waals surface area contributed by atoms with Gasteiger partial charge in [0, 0.05) is 13.0 Å². The van der Waals surface area contributed by atoms with Crippen LogP contribution in [0.1, 0.15) is 85.0 Å². The first-order chi connectivity index (χ1) is 15.8. The van der Waals surface area contributed by atoms with Gasteiger partial charge in [-0.15, -0.1) is 0 Å². The molecule has 4 rings (SSSR count). The Hall–Kier alpha value is -0.700. The Morgan fingerprint density at radius 1 is 1.03 bits per heavy atom. The Kier molecular flexibility index (Phi) is 7.47. The summed E-state index contributed by atoms with van der Waals surface area (Å²) in [6.07, 6.45) is 8.87. The lowest BCUT2D eigenvalue weighted by molar-refractivity contribution is -0.174. The van der Waals surface area contributed by atoms with Crippen molar-refractivity contribution in [3.05, 3.63) is 0 Å². The van der Waals surface area contributed by atoms with Crippen molar-refractivity contribution in [3.8, 4) is 0 Å². The van der Waals surface area contributed by atoms with Gasteiger partial charge in [0.2, 0.25) is 5.91 Å². The molecule has 4 saturated carbocycles. The molecule has 0 radical (unpaired) electrons. The Balaban J connectivity index is 1.39. The highest BCUT2D eigenvalue weighted by molar-refractivity contribution is 7.85. The van der Waals surface area contributed by atoms with Crippen LogP contribution >= 0.6 is 0 Å². The summed E-state index contributed by atoms with van der Waals surface area (Å²) in [4.78, 5) is 12.2. The van der Waals surface area contributed by atoms with E-state index in [0.717, 1.165) is 51.4 Å². The van der Waals surface area contributed by atoms with Gasteiger partial charge in [-0.3, -0.25) is 9.35 Å². The number of rotatable bonds is 7. The topological polar surface area (TPSA) is 124 Å². The van der Waals surface area contributed by atoms with Gasteiger partial charge in [0.15, 0.2) is 0 Å². The molecule has 4 fully saturated rings. The van der Waals surface area contributed by atoms with Crippen molar-refractivity contribution < 1.29 is 28.0 Å². The summed E-state index contributed by atoms with van der Waals surface area (Å²) in [7, 11) is -4.06. The molecule has 1 amide bonds. The Morgan fingerprint density at radius 3 is 2.41 bits per heavy atom. The van der Waals surface area contributed by atoms with Gasteiger partial charge in [-0.1, -0.05) is 20.8 Å². The summed E-state index contributed by atoms with van der Waals surface area (Å²) in [5.74, 6) is 2.10. The van der Waals surface area contributed by atoms with Crippen LogP contribution in [0.15, 0.2) is 0 Å². The van der Waals surface area contributed by atoms with E-state index in [9.17, 15) is 23.4 Å². The average molecular weight is 500 g/mol. The molecule has 0 aromatic carbocycles. The van der Waals surface area contributed by atoms with E-state index in [1.165, 1.54) is 6.42 Å². The number of fused-ring (bicyclic) bond motifs is 5. The standard InChI is InChI=1S/C26H45NO6S/c1-16(4-7-23(30)27-12-13-34(31,32)33)19-5-6-20-24-21(9-11-26(19,20)3)25(2)10-8-18(28)14-17(25)15-22(24)29/h16-22,24,28-29H,4-15H2,1-3H3,(H,27,30)(H,31,32,33)/t16-,17+,18?,19?,20+,21+,22?,24+,25+,26-/m1/s1. The van der Waals surface area contributed by atoms with Crippen molar-refractivity contribution in [2.24, 2.45) is 46.3 Å². The average Bonchev–Trinajstić information content (AvgIpc) is 3.09. The zero-order chi connectivity index (χ0) is 24.9. The van der Waals surface area contributed by atoms with Gasteiger partial charge in [0.1, 0.15) is 0 Å². The predicted octanol–water partition coefficient (Wildman–Crippen LogP) is 3.40. The number of hydrogen-bond acceptors (Lipinski definition) is 5. The SMILES string of the molecule is C[C@H](CCC(=O)NCCS(=O)(=O)O)C1CC[C@H]2[C@@H]3C(O)C[C@@H]4CC(O)CC[C@]4(C)[C@H]3CC[C@]12C. The molecule has 8 heteroatoms. The Morgan fingerprint density at radius 2 is 1.71 bits per heavy atom. The lowest BCUT2D eigenvalue weighted by Gasteiger charge is -2.62. The van der Waals surface area contributed by atoms with E-state index in [-0.39, 0.29) is 35.5 Å². The largest absolute Gasteiger partial charge is 0.393 e. The minimum atomic E-state index is -4.06. The Labute approximate surface area is 205 Å². The minimum absolute atomic E-state index is 0.0625. The number of amides is 1. The van der Waals surface area contributed by atoms with Crippen LogP contribution in [0.4, 0.5) is 0 Å². The van der Waals surface area contributed by atoms with Gasteiger partial charge >= 0.3 is 0 Å². The number of aliphatic hydroxyl groups is 2. The lowest BCUT2D eigenvalue weighted by Crippen LogP contribution is -2.58. The van der Waals surface area contributed by atoms with Crippen molar-refractivity contribution in [2.75, 3.05) is 12.3 Å². The monoisotopic (exact) mass is 499 g/mol. The molecule has 7 nitrogen and oxygen atoms in total. The third kappa shape index (κ3) is 4.94. The van der Waals surface area contributed by atoms with Gasteiger partial charge in [-0.2, -0.15) is 8.42 Å². The third-order valence-corrected chi connectivity index (χ3v) is 11.6. The molecule has 4 aliphatic carbocycles. The second-order valence-electron chi connectivity index (χ2n) is 12.6. The number of carbonyl (C=O) groups is 1. The maximum absolute atomic E-state index is 12.2. The molecule has 196 valence electrons. The quantitative estimate of drug-likeness (QED) is 0.398. The molecule has 4 N–H and O–H groups in total. The smallest absolute Gasteiger partial charge is 0.266 e. The van der Waals surface area contributed by atoms with Crippen molar-refractivity contribution >= 4 is 16.0 Å². The van der Waals surface area contributed by atoms with E-state index < -0.39 is 15.9 Å². The van der Waals surface area contributed by atoms with Crippen LogP contribution < -0.4 is 5.32 Å². The minimum Gasteiger partial charge on any atom is -0.393 e. The van der Waals surface area contributed by atoms with Crippen LogP contribution in [0.3, 0.4) is 0 Å². The van der Waals surface area contributed by atoms with Gasteiger partial charge in [0.25, 0.3) is 10.1 Å². The van der Waals surface area contributed by atoms with E-state index >= 15 is 0 Å². The molecule has 0 saturated heterocycles. The zero-order valence-corrected chi connectivity index (χ0v) is 21.9. The van der Waals surface area contributed by atoms with E-state index in [4.69, 9.17) is 4.55 Å². The highest BCUT2D eigenvalue weighted by Crippen LogP contribution is 2.68. The summed E-state index contributed by atoms with van der Waals surface area (Å²) in [6, 6.07) is 0. The van der Waals surface area contributed by atoms with Crippen molar-refractivity contribution in [3.63, 3.8) is 0 Å². The molecule has 0 heterocycles. The molecule has 10 atom stereocenters. The summed E-state index contributed by atoms with van der Waals surface area (Å²) in [6.45, 7) is 7.05. The molecule has 3 unspecified atom stereocenters. The van der Waals surface area contributed by atoms with E-state index in [1.54, 1.807) is 0 Å². The van der Waals surface area contributed by atoms with Gasteiger partial charge in [-0.25, -0.2) is 0 Å². The van der Waals surface area contributed by atoms with Crippen LogP contribution in [-0.2, 0) is 14.9 Å². The molecule has 34 heavy (non-hydrogen) atoms. The fraction of sp³-hybridized carbons (Fsp3) is 0.962. The highest BCUT2D eigenvalue weighted by Gasteiger charge is 2.62. The number of hydrogen-bond donors (Lipinski definition) is 4. The van der Waals surface area contributed by atoms with Gasteiger partial charge in [-0.05, 0) is 104 Å². The van der Waals surface area contributed by atoms with E-state index in [0.29, 0.717) is 41.9 Å². The normalized spacial score (nSPS) is 45.1. The molecule has 0 bridgehead atoms. The zero-order valence-electron chi connectivity index (χ0n) is 21.1. The summed E-state index contributed by atoms with van der Waals surface area (Å²) in [5, 5.41) is 24.2. The molecule has 4 aliphatic rings. The molecule has 0 aromatic heterocycles. The second-order valence-corrected chi connectivity index (χ2v) is 14.2. The first kappa shape index (κ1) is 26.4. The van der Waals surface area contributed by atoms with Crippen molar-refractivity contribution in [1.29, 1.82) is 0 Å².